The lowest BCUT2D eigenvalue weighted by Crippen LogP contribution is -2.40. The lowest BCUT2D eigenvalue weighted by atomic mass is 10.2. The van der Waals surface area contributed by atoms with Gasteiger partial charge in [-0.25, -0.2) is 5.43 Å². The van der Waals surface area contributed by atoms with E-state index in [1.54, 1.807) is 31.2 Å². The summed E-state index contributed by atoms with van der Waals surface area (Å²) in [4.78, 5) is 37.0. The number of nitrogens with zero attached hydrogens (tertiary/aromatic N) is 3. The third-order valence-corrected chi connectivity index (χ3v) is 3.63. The van der Waals surface area contributed by atoms with Crippen LogP contribution in [0.1, 0.15) is 31.7 Å². The minimum absolute atomic E-state index is 0.0467. The van der Waals surface area contributed by atoms with E-state index in [1.807, 2.05) is 6.07 Å². The average Bonchev–Trinajstić information content (AvgIpc) is 3.13. The molecule has 1 aromatic rings. The number of nitrogens with one attached hydrogen (secondary N) is 2. The highest BCUT2D eigenvalue weighted by Crippen LogP contribution is 2.10. The number of rotatable bonds is 4. The number of carbonyl (C=O) groups is 3. The number of likely N-dealkylation sites (tertiary alicyclic amines) is 1. The monoisotopic (exact) mass is 341 g/mol. The maximum Gasteiger partial charge on any atom is 0.329 e. The van der Waals surface area contributed by atoms with Gasteiger partial charge in [-0.05, 0) is 38.0 Å². The van der Waals surface area contributed by atoms with Crippen LogP contribution in [0.15, 0.2) is 29.4 Å². The largest absolute Gasteiger partial charge is 0.334 e. The molecule has 3 amide bonds. The first-order valence-corrected chi connectivity index (χ1v) is 7.92. The van der Waals surface area contributed by atoms with Gasteiger partial charge in [0.2, 0.25) is 5.91 Å². The van der Waals surface area contributed by atoms with E-state index in [1.165, 1.54) is 4.90 Å². The zero-order chi connectivity index (χ0) is 18.2. The Kier molecular flexibility index (Phi) is 6.23. The van der Waals surface area contributed by atoms with Gasteiger partial charge >= 0.3 is 11.8 Å². The predicted octanol–water partition coefficient (Wildman–Crippen LogP) is 1.00. The molecule has 1 fully saturated rings. The van der Waals surface area contributed by atoms with Crippen molar-refractivity contribution in [2.45, 2.75) is 26.2 Å². The third kappa shape index (κ3) is 5.42. The van der Waals surface area contributed by atoms with Crippen molar-refractivity contribution in [1.82, 2.24) is 10.3 Å². The second-order valence-corrected chi connectivity index (χ2v) is 5.70. The molecular weight excluding hydrogens is 322 g/mol. The summed E-state index contributed by atoms with van der Waals surface area (Å²) < 4.78 is 0. The Hall–Kier alpha value is -3.21. The number of anilines is 1. The molecule has 1 aromatic carbocycles. The Morgan fingerprint density at radius 1 is 1.28 bits per heavy atom. The molecule has 0 bridgehead atoms. The molecule has 1 aliphatic heterocycles. The lowest BCUT2D eigenvalue weighted by molar-refractivity contribution is -0.145. The van der Waals surface area contributed by atoms with Crippen LogP contribution in [0.3, 0.4) is 0 Å². The molecule has 0 aliphatic carbocycles. The van der Waals surface area contributed by atoms with E-state index in [9.17, 15) is 14.4 Å². The molecule has 0 aromatic heterocycles. The first-order chi connectivity index (χ1) is 12.0. The summed E-state index contributed by atoms with van der Waals surface area (Å²) >= 11 is 0. The summed E-state index contributed by atoms with van der Waals surface area (Å²) in [6.45, 7) is 2.74. The molecule has 0 atom stereocenters. The zero-order valence-corrected chi connectivity index (χ0v) is 13.9. The molecule has 0 saturated carbocycles. The Morgan fingerprint density at radius 3 is 2.68 bits per heavy atom. The number of hydrogen-bond acceptors (Lipinski definition) is 5. The first-order valence-electron chi connectivity index (χ1n) is 7.92. The van der Waals surface area contributed by atoms with Crippen LogP contribution in [-0.4, -0.2) is 41.4 Å². The number of carbonyl (C=O) groups excluding carboxylic acids is 3. The van der Waals surface area contributed by atoms with Crippen molar-refractivity contribution in [1.29, 1.82) is 5.26 Å². The van der Waals surface area contributed by atoms with Crippen molar-refractivity contribution in [2.75, 3.05) is 18.4 Å². The van der Waals surface area contributed by atoms with Crippen LogP contribution in [0.4, 0.5) is 5.69 Å². The molecule has 130 valence electrons. The van der Waals surface area contributed by atoms with E-state index in [0.717, 1.165) is 12.8 Å². The number of hydrazone groups is 1. The number of amides is 3. The van der Waals surface area contributed by atoms with E-state index in [2.05, 4.69) is 15.8 Å². The van der Waals surface area contributed by atoms with E-state index in [4.69, 9.17) is 5.26 Å². The first kappa shape index (κ1) is 18.1. The smallest absolute Gasteiger partial charge is 0.329 e. The summed E-state index contributed by atoms with van der Waals surface area (Å²) in [5.74, 6) is -1.74. The summed E-state index contributed by atoms with van der Waals surface area (Å²) in [5.41, 5.74) is 3.48. The molecular formula is C17H19N5O3. The highest BCUT2D eigenvalue weighted by Gasteiger charge is 2.24. The minimum atomic E-state index is -0.802. The maximum atomic E-state index is 11.9. The minimum Gasteiger partial charge on any atom is -0.334 e. The molecule has 1 saturated heterocycles. The van der Waals surface area contributed by atoms with Crippen LogP contribution in [0.5, 0.6) is 0 Å². The molecule has 0 unspecified atom stereocenters. The fourth-order valence-corrected chi connectivity index (χ4v) is 2.40. The number of hydrogen-bond donors (Lipinski definition) is 2. The summed E-state index contributed by atoms with van der Waals surface area (Å²) in [7, 11) is 0. The standard InChI is InChI=1S/C17H19N5O3/c1-12(20-21-16(24)17(25)22-7-2-3-8-22)9-15(23)19-14-6-4-5-13(10-14)11-18/h4-6,10H,2-3,7-9H2,1H3,(H,19,23)(H,21,24). The molecule has 1 heterocycles. The van der Waals surface area contributed by atoms with Crippen molar-refractivity contribution in [3.8, 4) is 6.07 Å². The average molecular weight is 341 g/mol. The molecule has 8 nitrogen and oxygen atoms in total. The number of nitriles is 1. The normalized spacial score (nSPS) is 13.9. The topological polar surface area (TPSA) is 115 Å². The SMILES string of the molecule is CC(CC(=O)Nc1cccc(C#N)c1)=NNC(=O)C(=O)N1CCCC1. The third-order valence-electron chi connectivity index (χ3n) is 3.63. The number of benzene rings is 1. The van der Waals surface area contributed by atoms with Gasteiger partial charge in [-0.1, -0.05) is 6.07 Å². The van der Waals surface area contributed by atoms with Gasteiger partial charge in [-0.2, -0.15) is 10.4 Å². The van der Waals surface area contributed by atoms with Crippen molar-refractivity contribution in [3.63, 3.8) is 0 Å². The Morgan fingerprint density at radius 2 is 2.00 bits per heavy atom. The lowest BCUT2D eigenvalue weighted by Gasteiger charge is -2.13. The van der Waals surface area contributed by atoms with Gasteiger partial charge in [0.1, 0.15) is 0 Å². The van der Waals surface area contributed by atoms with E-state index >= 15 is 0 Å². The summed E-state index contributed by atoms with van der Waals surface area (Å²) in [6.07, 6.45) is 1.75. The zero-order valence-electron chi connectivity index (χ0n) is 13.9. The van der Waals surface area contributed by atoms with Crippen molar-refractivity contribution >= 4 is 29.1 Å². The van der Waals surface area contributed by atoms with Crippen molar-refractivity contribution in [3.05, 3.63) is 29.8 Å². The van der Waals surface area contributed by atoms with Gasteiger partial charge in [0.25, 0.3) is 0 Å². The Labute approximate surface area is 145 Å². The molecule has 0 spiro atoms. The van der Waals surface area contributed by atoms with E-state index in [-0.39, 0.29) is 12.3 Å². The predicted molar refractivity (Wildman–Crippen MR) is 91.5 cm³/mol. The molecule has 25 heavy (non-hydrogen) atoms. The van der Waals surface area contributed by atoms with E-state index < -0.39 is 11.8 Å². The Balaban J connectivity index is 1.83. The fourth-order valence-electron chi connectivity index (χ4n) is 2.40. The van der Waals surface area contributed by atoms with Crippen LogP contribution in [-0.2, 0) is 14.4 Å². The quantitative estimate of drug-likeness (QED) is 0.483. The van der Waals surface area contributed by atoms with Crippen molar-refractivity contribution < 1.29 is 14.4 Å². The van der Waals surface area contributed by atoms with Crippen LogP contribution < -0.4 is 10.7 Å². The van der Waals surface area contributed by atoms with Crippen LogP contribution >= 0.6 is 0 Å². The molecule has 2 N–H and O–H groups in total. The van der Waals surface area contributed by atoms with Gasteiger partial charge < -0.3 is 10.2 Å². The van der Waals surface area contributed by atoms with Crippen LogP contribution in [0, 0.1) is 11.3 Å². The van der Waals surface area contributed by atoms with Crippen LogP contribution in [0.25, 0.3) is 0 Å². The second kappa shape index (κ2) is 8.59. The summed E-state index contributed by atoms with van der Waals surface area (Å²) in [5, 5.41) is 15.3. The second-order valence-electron chi connectivity index (χ2n) is 5.70. The van der Waals surface area contributed by atoms with Gasteiger partial charge in [-0.15, -0.1) is 0 Å². The highest BCUT2D eigenvalue weighted by molar-refractivity contribution is 6.35. The molecule has 2 rings (SSSR count). The van der Waals surface area contributed by atoms with Gasteiger partial charge in [0.05, 0.1) is 18.1 Å². The van der Waals surface area contributed by atoms with Crippen LogP contribution in [0.2, 0.25) is 0 Å². The van der Waals surface area contributed by atoms with Gasteiger partial charge in [0, 0.05) is 24.5 Å². The summed E-state index contributed by atoms with van der Waals surface area (Å²) in [6, 6.07) is 8.51. The van der Waals surface area contributed by atoms with E-state index in [0.29, 0.717) is 30.1 Å². The van der Waals surface area contributed by atoms with Gasteiger partial charge in [0.15, 0.2) is 0 Å². The highest BCUT2D eigenvalue weighted by atomic mass is 16.2. The van der Waals surface area contributed by atoms with Gasteiger partial charge in [-0.3, -0.25) is 14.4 Å². The molecule has 8 heteroatoms. The maximum absolute atomic E-state index is 11.9. The Bertz CT molecular complexity index is 745. The molecule has 0 radical (unpaired) electrons. The fraction of sp³-hybridized carbons (Fsp3) is 0.353. The van der Waals surface area contributed by atoms with Crippen molar-refractivity contribution in [2.24, 2.45) is 5.10 Å². The molecule has 1 aliphatic rings.